The van der Waals surface area contributed by atoms with Crippen molar-refractivity contribution in [2.24, 2.45) is 0 Å². The predicted octanol–water partition coefficient (Wildman–Crippen LogP) is 1.22. The normalized spacial score (nSPS) is 26.0. The number of nitrogens with one attached hydrogen (secondary N) is 1. The van der Waals surface area contributed by atoms with Crippen LogP contribution in [0.2, 0.25) is 0 Å². The SMILES string of the molecule is CN1CCN([C@@H]2CNCc3cc(F)ccc32)CC1. The zero-order chi connectivity index (χ0) is 12.5. The minimum Gasteiger partial charge on any atom is -0.311 e. The lowest BCUT2D eigenvalue weighted by Gasteiger charge is -2.40. The average molecular weight is 249 g/mol. The van der Waals surface area contributed by atoms with E-state index in [4.69, 9.17) is 0 Å². The molecule has 0 spiro atoms. The van der Waals surface area contributed by atoms with Crippen molar-refractivity contribution in [3.05, 3.63) is 35.1 Å². The van der Waals surface area contributed by atoms with Crippen molar-refractivity contribution < 1.29 is 4.39 Å². The Morgan fingerprint density at radius 3 is 2.78 bits per heavy atom. The fourth-order valence-corrected chi connectivity index (χ4v) is 2.97. The Morgan fingerprint density at radius 2 is 2.00 bits per heavy atom. The number of halogens is 1. The highest BCUT2D eigenvalue weighted by Gasteiger charge is 2.27. The Bertz CT molecular complexity index is 427. The van der Waals surface area contributed by atoms with Crippen LogP contribution in [0.1, 0.15) is 17.2 Å². The first-order valence-electron chi connectivity index (χ1n) is 6.65. The molecule has 0 aliphatic carbocycles. The van der Waals surface area contributed by atoms with Crippen molar-refractivity contribution in [3.8, 4) is 0 Å². The van der Waals surface area contributed by atoms with Crippen molar-refractivity contribution in [1.29, 1.82) is 0 Å². The van der Waals surface area contributed by atoms with Gasteiger partial charge in [-0.2, -0.15) is 0 Å². The summed E-state index contributed by atoms with van der Waals surface area (Å²) in [6.07, 6.45) is 0. The van der Waals surface area contributed by atoms with Gasteiger partial charge in [-0.05, 0) is 30.3 Å². The maximum Gasteiger partial charge on any atom is 0.123 e. The highest BCUT2D eigenvalue weighted by atomic mass is 19.1. The lowest BCUT2D eigenvalue weighted by molar-refractivity contribution is 0.106. The van der Waals surface area contributed by atoms with Gasteiger partial charge in [-0.25, -0.2) is 4.39 Å². The van der Waals surface area contributed by atoms with E-state index in [1.54, 1.807) is 12.1 Å². The third kappa shape index (κ3) is 2.28. The molecule has 1 atom stereocenters. The number of hydrogen-bond donors (Lipinski definition) is 1. The molecule has 98 valence electrons. The maximum atomic E-state index is 13.3. The van der Waals surface area contributed by atoms with Gasteiger partial charge in [-0.15, -0.1) is 0 Å². The van der Waals surface area contributed by atoms with Crippen LogP contribution in [0.3, 0.4) is 0 Å². The smallest absolute Gasteiger partial charge is 0.123 e. The summed E-state index contributed by atoms with van der Waals surface area (Å²) in [5, 5.41) is 3.40. The zero-order valence-corrected chi connectivity index (χ0v) is 10.8. The summed E-state index contributed by atoms with van der Waals surface area (Å²) in [5.41, 5.74) is 2.42. The van der Waals surface area contributed by atoms with Crippen LogP contribution in [-0.2, 0) is 6.54 Å². The lowest BCUT2D eigenvalue weighted by Crippen LogP contribution is -2.49. The third-order valence-electron chi connectivity index (χ3n) is 4.10. The van der Waals surface area contributed by atoms with Gasteiger partial charge in [0.25, 0.3) is 0 Å². The molecule has 1 fully saturated rings. The Balaban J connectivity index is 1.82. The fourth-order valence-electron chi connectivity index (χ4n) is 2.97. The molecular formula is C14H20FN3. The van der Waals surface area contributed by atoms with E-state index >= 15 is 0 Å². The maximum absolute atomic E-state index is 13.3. The lowest BCUT2D eigenvalue weighted by atomic mass is 9.95. The molecule has 0 saturated carbocycles. The van der Waals surface area contributed by atoms with E-state index in [0.717, 1.165) is 44.8 Å². The molecule has 3 rings (SSSR count). The molecule has 0 amide bonds. The number of piperazine rings is 1. The number of nitrogens with zero attached hydrogens (tertiary/aromatic N) is 2. The first kappa shape index (κ1) is 12.1. The van der Waals surface area contributed by atoms with Crippen LogP contribution in [-0.4, -0.2) is 49.6 Å². The zero-order valence-electron chi connectivity index (χ0n) is 10.8. The fraction of sp³-hybridized carbons (Fsp3) is 0.571. The first-order valence-corrected chi connectivity index (χ1v) is 6.65. The second-order valence-electron chi connectivity index (χ2n) is 5.33. The van der Waals surface area contributed by atoms with Crippen LogP contribution in [0.4, 0.5) is 4.39 Å². The van der Waals surface area contributed by atoms with Gasteiger partial charge in [0.1, 0.15) is 5.82 Å². The van der Waals surface area contributed by atoms with E-state index in [0.29, 0.717) is 6.04 Å². The molecule has 3 nitrogen and oxygen atoms in total. The minimum atomic E-state index is -0.130. The topological polar surface area (TPSA) is 18.5 Å². The van der Waals surface area contributed by atoms with Crippen molar-refractivity contribution in [2.75, 3.05) is 39.8 Å². The molecule has 1 aromatic rings. The molecule has 1 aromatic carbocycles. The molecule has 2 aliphatic heterocycles. The van der Waals surface area contributed by atoms with Crippen molar-refractivity contribution in [2.45, 2.75) is 12.6 Å². The van der Waals surface area contributed by atoms with E-state index in [1.165, 1.54) is 5.56 Å². The summed E-state index contributed by atoms with van der Waals surface area (Å²) in [6, 6.07) is 5.63. The summed E-state index contributed by atoms with van der Waals surface area (Å²) in [7, 11) is 2.17. The molecule has 2 heterocycles. The van der Waals surface area contributed by atoms with Gasteiger partial charge < -0.3 is 10.2 Å². The Labute approximate surface area is 108 Å². The molecule has 1 N–H and O–H groups in total. The number of likely N-dealkylation sites (N-methyl/N-ethyl adjacent to an activating group) is 1. The van der Waals surface area contributed by atoms with E-state index in [2.05, 4.69) is 22.2 Å². The van der Waals surface area contributed by atoms with Crippen LogP contribution in [0.15, 0.2) is 18.2 Å². The van der Waals surface area contributed by atoms with Crippen molar-refractivity contribution in [1.82, 2.24) is 15.1 Å². The molecule has 1 saturated heterocycles. The van der Waals surface area contributed by atoms with E-state index in [9.17, 15) is 4.39 Å². The van der Waals surface area contributed by atoms with E-state index in [1.807, 2.05) is 6.07 Å². The largest absolute Gasteiger partial charge is 0.311 e. The Morgan fingerprint density at radius 1 is 1.22 bits per heavy atom. The molecule has 4 heteroatoms. The monoisotopic (exact) mass is 249 g/mol. The summed E-state index contributed by atoms with van der Waals surface area (Å²) in [4.78, 5) is 4.88. The number of rotatable bonds is 1. The minimum absolute atomic E-state index is 0.130. The van der Waals surface area contributed by atoms with E-state index < -0.39 is 0 Å². The predicted molar refractivity (Wildman–Crippen MR) is 69.9 cm³/mol. The summed E-state index contributed by atoms with van der Waals surface area (Å²) in [5.74, 6) is -0.130. The quantitative estimate of drug-likeness (QED) is 0.807. The van der Waals surface area contributed by atoms with Gasteiger partial charge in [0.05, 0.1) is 0 Å². The Kier molecular flexibility index (Phi) is 3.33. The Hall–Kier alpha value is -0.970. The van der Waals surface area contributed by atoms with Gasteiger partial charge in [-0.3, -0.25) is 4.90 Å². The summed E-state index contributed by atoms with van der Waals surface area (Å²) in [6.45, 7) is 6.19. The average Bonchev–Trinajstić information content (AvgIpc) is 2.38. The molecule has 0 aromatic heterocycles. The van der Waals surface area contributed by atoms with Crippen LogP contribution in [0.25, 0.3) is 0 Å². The van der Waals surface area contributed by atoms with Crippen molar-refractivity contribution in [3.63, 3.8) is 0 Å². The van der Waals surface area contributed by atoms with Gasteiger partial charge in [0.2, 0.25) is 0 Å². The number of fused-ring (bicyclic) bond motifs is 1. The molecule has 0 bridgehead atoms. The van der Waals surface area contributed by atoms with Crippen LogP contribution >= 0.6 is 0 Å². The summed E-state index contributed by atoms with van der Waals surface area (Å²) >= 11 is 0. The van der Waals surface area contributed by atoms with E-state index in [-0.39, 0.29) is 5.82 Å². The molecule has 18 heavy (non-hydrogen) atoms. The van der Waals surface area contributed by atoms with Crippen LogP contribution < -0.4 is 5.32 Å². The molecule has 0 radical (unpaired) electrons. The summed E-state index contributed by atoms with van der Waals surface area (Å²) < 4.78 is 13.3. The standard InChI is InChI=1S/C14H20FN3/c1-17-4-6-18(7-5-17)14-10-16-9-11-8-12(15)2-3-13(11)14/h2-3,8,14,16H,4-7,9-10H2,1H3/t14-/m1/s1. The highest BCUT2D eigenvalue weighted by Crippen LogP contribution is 2.28. The second-order valence-corrected chi connectivity index (χ2v) is 5.33. The molecular weight excluding hydrogens is 229 g/mol. The number of benzene rings is 1. The number of hydrogen-bond acceptors (Lipinski definition) is 3. The van der Waals surface area contributed by atoms with Gasteiger partial charge in [-0.1, -0.05) is 6.07 Å². The molecule has 2 aliphatic rings. The highest BCUT2D eigenvalue weighted by molar-refractivity contribution is 5.33. The molecule has 0 unspecified atom stereocenters. The van der Waals surface area contributed by atoms with Gasteiger partial charge in [0, 0.05) is 45.3 Å². The van der Waals surface area contributed by atoms with Gasteiger partial charge in [0.15, 0.2) is 0 Å². The van der Waals surface area contributed by atoms with Crippen LogP contribution in [0, 0.1) is 5.82 Å². The second kappa shape index (κ2) is 4.96. The van der Waals surface area contributed by atoms with Crippen molar-refractivity contribution >= 4 is 0 Å². The van der Waals surface area contributed by atoms with Crippen LogP contribution in [0.5, 0.6) is 0 Å². The third-order valence-corrected chi connectivity index (χ3v) is 4.10. The van der Waals surface area contributed by atoms with Gasteiger partial charge >= 0.3 is 0 Å². The first-order chi connectivity index (χ1) is 8.74.